The van der Waals surface area contributed by atoms with Crippen molar-refractivity contribution in [2.24, 2.45) is 0 Å². The van der Waals surface area contributed by atoms with Crippen LogP contribution in [0.1, 0.15) is 11.7 Å². The zero-order valence-corrected chi connectivity index (χ0v) is 13.9. The maximum atomic E-state index is 13.1. The van der Waals surface area contributed by atoms with Crippen LogP contribution in [0.2, 0.25) is 0 Å². The number of alkyl halides is 3. The molecule has 1 heterocycles. The Morgan fingerprint density at radius 3 is 2.42 bits per heavy atom. The molecular formula is C16H15Cl2FN2O3. The van der Waals surface area contributed by atoms with Gasteiger partial charge in [-0.2, -0.15) is 0 Å². The average molecular weight is 373 g/mol. The fraction of sp³-hybridized carbons (Fsp3) is 0.250. The molecule has 0 bridgehead atoms. The molecule has 128 valence electrons. The number of pyridine rings is 1. The molecule has 0 aliphatic rings. The van der Waals surface area contributed by atoms with Gasteiger partial charge in [0.1, 0.15) is 12.8 Å². The maximum absolute atomic E-state index is 13.1. The Morgan fingerprint density at radius 1 is 1.21 bits per heavy atom. The number of carbonyl (C=O) groups excluding carboxylic acids is 1. The summed E-state index contributed by atoms with van der Waals surface area (Å²) >= 11 is 10.8. The number of nitrogens with zero attached hydrogens (tertiary/aromatic N) is 1. The summed E-state index contributed by atoms with van der Waals surface area (Å²) in [5.41, 5.74) is 0.778. The summed E-state index contributed by atoms with van der Waals surface area (Å²) in [6.07, 6.45) is 0.326. The summed E-state index contributed by atoms with van der Waals surface area (Å²) in [4.78, 5) is 21.9. The fourth-order valence-electron chi connectivity index (χ4n) is 2.15. The Kier molecular flexibility index (Phi) is 6.36. The Labute approximate surface area is 147 Å². The highest BCUT2D eigenvalue weighted by molar-refractivity contribution is 6.53. The largest absolute Gasteiger partial charge is 0.386 e. The summed E-state index contributed by atoms with van der Waals surface area (Å²) in [5.74, 6) is -0.785. The number of aliphatic hydroxyl groups excluding tert-OH is 1. The van der Waals surface area contributed by atoms with Crippen molar-refractivity contribution < 1.29 is 14.3 Å². The molecule has 24 heavy (non-hydrogen) atoms. The van der Waals surface area contributed by atoms with E-state index >= 15 is 0 Å². The first-order chi connectivity index (χ1) is 11.4. The molecule has 0 aliphatic heterocycles. The lowest BCUT2D eigenvalue weighted by molar-refractivity contribution is -0.121. The van der Waals surface area contributed by atoms with Crippen LogP contribution in [0, 0.1) is 0 Å². The van der Waals surface area contributed by atoms with E-state index in [-0.39, 0.29) is 5.56 Å². The summed E-state index contributed by atoms with van der Waals surface area (Å²) in [6.45, 7) is -0.993. The first-order valence-electron chi connectivity index (χ1n) is 7.04. The van der Waals surface area contributed by atoms with Gasteiger partial charge in [0.15, 0.2) is 4.84 Å². The highest BCUT2D eigenvalue weighted by atomic mass is 35.5. The van der Waals surface area contributed by atoms with Gasteiger partial charge in [-0.05, 0) is 23.8 Å². The number of hydrogen-bond donors (Lipinski definition) is 2. The van der Waals surface area contributed by atoms with Gasteiger partial charge in [-0.25, -0.2) is 4.39 Å². The summed E-state index contributed by atoms with van der Waals surface area (Å²) < 4.78 is 14.5. The van der Waals surface area contributed by atoms with E-state index < -0.39 is 29.6 Å². The van der Waals surface area contributed by atoms with Crippen LogP contribution in [0.15, 0.2) is 53.5 Å². The van der Waals surface area contributed by atoms with Crippen molar-refractivity contribution in [1.82, 2.24) is 9.88 Å². The number of carbonyl (C=O) groups is 1. The number of aliphatic hydroxyl groups is 1. The quantitative estimate of drug-likeness (QED) is 0.763. The molecule has 0 saturated carbocycles. The molecular weight excluding hydrogens is 358 g/mol. The van der Waals surface area contributed by atoms with Crippen molar-refractivity contribution in [2.75, 3.05) is 6.67 Å². The minimum atomic E-state index is -1.35. The molecule has 0 radical (unpaired) electrons. The van der Waals surface area contributed by atoms with Gasteiger partial charge in [0.25, 0.3) is 11.5 Å². The van der Waals surface area contributed by atoms with Crippen LogP contribution in [0.5, 0.6) is 0 Å². The summed E-state index contributed by atoms with van der Waals surface area (Å²) in [7, 11) is 0. The first-order valence-corrected chi connectivity index (χ1v) is 7.92. The Morgan fingerprint density at radius 2 is 1.88 bits per heavy atom. The van der Waals surface area contributed by atoms with E-state index in [2.05, 4.69) is 5.32 Å². The third-order valence-corrected chi connectivity index (χ3v) is 3.80. The zero-order chi connectivity index (χ0) is 17.7. The Hall–Kier alpha value is -1.89. The van der Waals surface area contributed by atoms with Gasteiger partial charge in [0.2, 0.25) is 0 Å². The molecule has 8 heteroatoms. The first kappa shape index (κ1) is 18.4. The second-order valence-electron chi connectivity index (χ2n) is 5.02. The Balaban J connectivity index is 2.18. The fourth-order valence-corrected chi connectivity index (χ4v) is 2.28. The molecule has 0 aliphatic carbocycles. The van der Waals surface area contributed by atoms with E-state index in [0.717, 1.165) is 0 Å². The number of halogens is 3. The van der Waals surface area contributed by atoms with E-state index in [1.54, 1.807) is 42.6 Å². The van der Waals surface area contributed by atoms with E-state index in [1.807, 2.05) is 0 Å². The molecule has 2 atom stereocenters. The number of aromatic nitrogens is 1. The molecule has 1 aromatic heterocycles. The van der Waals surface area contributed by atoms with Gasteiger partial charge in [-0.15, -0.1) is 0 Å². The summed E-state index contributed by atoms with van der Waals surface area (Å²) in [5, 5.41) is 12.5. The van der Waals surface area contributed by atoms with Crippen LogP contribution in [-0.4, -0.2) is 33.1 Å². The molecule has 1 amide bonds. The van der Waals surface area contributed by atoms with Crippen molar-refractivity contribution in [3.63, 3.8) is 0 Å². The highest BCUT2D eigenvalue weighted by Crippen LogP contribution is 2.19. The predicted octanol–water partition coefficient (Wildman–Crippen LogP) is 2.13. The van der Waals surface area contributed by atoms with Crippen molar-refractivity contribution in [2.45, 2.75) is 17.0 Å². The summed E-state index contributed by atoms with van der Waals surface area (Å²) in [6, 6.07) is 9.92. The van der Waals surface area contributed by atoms with Gasteiger partial charge in [0.05, 0.1) is 6.04 Å². The average Bonchev–Trinajstić information content (AvgIpc) is 2.59. The van der Waals surface area contributed by atoms with Crippen molar-refractivity contribution >= 4 is 29.1 Å². The van der Waals surface area contributed by atoms with Crippen LogP contribution < -0.4 is 10.9 Å². The molecule has 5 nitrogen and oxygen atoms in total. The van der Waals surface area contributed by atoms with Gasteiger partial charge < -0.3 is 10.4 Å². The monoisotopic (exact) mass is 372 g/mol. The normalized spacial score (nSPS) is 13.5. The standard InChI is InChI=1S/C16H15Cl2FN2O3/c17-15(18)16(24)20-12(9-19)14(23)10-4-6-11(7-5-10)21-8-2-1-3-13(21)22/h1-8,12,14-15,23H,9H2,(H,20,24)/t12-,14-/m1/s1. The number of amides is 1. The molecule has 0 unspecified atom stereocenters. The third-order valence-electron chi connectivity index (χ3n) is 3.41. The van der Waals surface area contributed by atoms with E-state index in [4.69, 9.17) is 23.2 Å². The van der Waals surface area contributed by atoms with Crippen LogP contribution >= 0.6 is 23.2 Å². The predicted molar refractivity (Wildman–Crippen MR) is 90.4 cm³/mol. The van der Waals surface area contributed by atoms with Crippen molar-refractivity contribution in [3.05, 3.63) is 64.6 Å². The zero-order valence-electron chi connectivity index (χ0n) is 12.4. The molecule has 2 aromatic rings. The van der Waals surface area contributed by atoms with Crippen molar-refractivity contribution in [3.8, 4) is 5.69 Å². The van der Waals surface area contributed by atoms with Crippen molar-refractivity contribution in [1.29, 1.82) is 0 Å². The second kappa shape index (κ2) is 8.28. The van der Waals surface area contributed by atoms with Crippen LogP contribution in [0.25, 0.3) is 5.69 Å². The minimum absolute atomic E-state index is 0.199. The van der Waals surface area contributed by atoms with Crippen LogP contribution in [0.3, 0.4) is 0 Å². The van der Waals surface area contributed by atoms with E-state index in [0.29, 0.717) is 11.3 Å². The maximum Gasteiger partial charge on any atom is 0.255 e. The van der Waals surface area contributed by atoms with Gasteiger partial charge >= 0.3 is 0 Å². The number of rotatable bonds is 6. The Bertz CT molecular complexity index is 749. The molecule has 2 N–H and O–H groups in total. The number of nitrogens with one attached hydrogen (secondary N) is 1. The van der Waals surface area contributed by atoms with Gasteiger partial charge in [0, 0.05) is 18.0 Å². The van der Waals surface area contributed by atoms with E-state index in [1.165, 1.54) is 10.6 Å². The second-order valence-corrected chi connectivity index (χ2v) is 6.11. The highest BCUT2D eigenvalue weighted by Gasteiger charge is 2.25. The van der Waals surface area contributed by atoms with E-state index in [9.17, 15) is 19.1 Å². The third kappa shape index (κ3) is 4.35. The molecule has 2 rings (SSSR count). The number of benzene rings is 1. The lowest BCUT2D eigenvalue weighted by atomic mass is 10.0. The van der Waals surface area contributed by atoms with Crippen LogP contribution in [0.4, 0.5) is 4.39 Å². The molecule has 0 spiro atoms. The molecule has 1 aromatic carbocycles. The lowest BCUT2D eigenvalue weighted by Crippen LogP contribution is -2.43. The number of hydrogen-bond acceptors (Lipinski definition) is 3. The smallest absolute Gasteiger partial charge is 0.255 e. The minimum Gasteiger partial charge on any atom is -0.386 e. The topological polar surface area (TPSA) is 71.3 Å². The SMILES string of the molecule is O=C(N[C@H](CF)[C@H](O)c1ccc(-n2ccccc2=O)cc1)C(Cl)Cl. The van der Waals surface area contributed by atoms with Gasteiger partial charge in [-0.1, -0.05) is 41.4 Å². The van der Waals surface area contributed by atoms with Crippen LogP contribution in [-0.2, 0) is 4.79 Å². The molecule has 0 fully saturated rings. The lowest BCUT2D eigenvalue weighted by Gasteiger charge is -2.22. The van der Waals surface area contributed by atoms with Gasteiger partial charge in [-0.3, -0.25) is 14.2 Å². The molecule has 0 saturated heterocycles.